The van der Waals surface area contributed by atoms with Gasteiger partial charge in [0.25, 0.3) is 5.91 Å². The Labute approximate surface area is 162 Å². The Morgan fingerprint density at radius 3 is 2.39 bits per heavy atom. The van der Waals surface area contributed by atoms with Crippen LogP contribution in [0.2, 0.25) is 0 Å². The van der Waals surface area contributed by atoms with E-state index >= 15 is 0 Å². The molecule has 0 spiro atoms. The van der Waals surface area contributed by atoms with Crippen molar-refractivity contribution in [1.29, 1.82) is 0 Å². The monoisotopic (exact) mass is 387 g/mol. The molecular formula is C21H23F2N3O2. The smallest absolute Gasteiger partial charge is 0.253 e. The third-order valence-electron chi connectivity index (χ3n) is 5.35. The normalized spacial score (nSPS) is 20.4. The number of benzene rings is 2. The van der Waals surface area contributed by atoms with E-state index in [2.05, 4.69) is 10.2 Å². The highest BCUT2D eigenvalue weighted by Gasteiger charge is 2.31. The molecule has 1 unspecified atom stereocenters. The van der Waals surface area contributed by atoms with Gasteiger partial charge in [-0.3, -0.25) is 9.69 Å². The maximum Gasteiger partial charge on any atom is 0.253 e. The van der Waals surface area contributed by atoms with Crippen LogP contribution in [-0.4, -0.2) is 61.0 Å². The van der Waals surface area contributed by atoms with Gasteiger partial charge in [-0.05, 0) is 42.8 Å². The average Bonchev–Trinajstić information content (AvgIpc) is 3.22. The van der Waals surface area contributed by atoms with Crippen LogP contribution < -0.4 is 10.1 Å². The molecule has 2 fully saturated rings. The predicted octanol–water partition coefficient (Wildman–Crippen LogP) is 2.88. The second-order valence-corrected chi connectivity index (χ2v) is 7.18. The fraction of sp³-hybridized carbons (Fsp3) is 0.381. The summed E-state index contributed by atoms with van der Waals surface area (Å²) in [4.78, 5) is 17.2. The quantitative estimate of drug-likeness (QED) is 0.876. The number of carbonyl (C=O) groups excluding carboxylic acids is 1. The zero-order chi connectivity index (χ0) is 19.5. The molecule has 5 nitrogen and oxygen atoms in total. The second kappa shape index (κ2) is 8.24. The first-order valence-electron chi connectivity index (χ1n) is 9.57. The molecule has 0 aliphatic carbocycles. The van der Waals surface area contributed by atoms with Crippen LogP contribution in [0.4, 0.5) is 8.78 Å². The second-order valence-electron chi connectivity index (χ2n) is 7.18. The van der Waals surface area contributed by atoms with Crippen LogP contribution in [0.15, 0.2) is 42.5 Å². The Hall–Kier alpha value is -2.51. The van der Waals surface area contributed by atoms with Gasteiger partial charge in [0.2, 0.25) is 0 Å². The summed E-state index contributed by atoms with van der Waals surface area (Å²) in [5, 5.41) is 3.35. The maximum absolute atomic E-state index is 13.3. The molecule has 1 N–H and O–H groups in total. The molecule has 2 heterocycles. The topological polar surface area (TPSA) is 44.8 Å². The SMILES string of the molecule is O=C(c1ccc(Oc2ccc(F)c(F)c2)cc1)N1CCC(N2CCNCC2)C1. The molecular weight excluding hydrogens is 364 g/mol. The van der Waals surface area contributed by atoms with E-state index < -0.39 is 11.6 Å². The minimum Gasteiger partial charge on any atom is -0.457 e. The largest absolute Gasteiger partial charge is 0.457 e. The first-order valence-corrected chi connectivity index (χ1v) is 9.57. The Morgan fingerprint density at radius 2 is 1.68 bits per heavy atom. The number of hydrogen-bond acceptors (Lipinski definition) is 4. The van der Waals surface area contributed by atoms with E-state index in [0.717, 1.165) is 57.8 Å². The number of hydrogen-bond donors (Lipinski definition) is 1. The zero-order valence-electron chi connectivity index (χ0n) is 15.5. The van der Waals surface area contributed by atoms with Crippen molar-refractivity contribution in [3.05, 3.63) is 59.7 Å². The third kappa shape index (κ3) is 4.15. The van der Waals surface area contributed by atoms with Gasteiger partial charge in [0, 0.05) is 56.9 Å². The summed E-state index contributed by atoms with van der Waals surface area (Å²) in [5.74, 6) is -1.20. The number of amides is 1. The lowest BCUT2D eigenvalue weighted by molar-refractivity contribution is 0.0773. The molecule has 0 aromatic heterocycles. The molecule has 148 valence electrons. The Morgan fingerprint density at radius 1 is 0.964 bits per heavy atom. The minimum atomic E-state index is -0.961. The van der Waals surface area contributed by atoms with Crippen LogP contribution in [-0.2, 0) is 0 Å². The lowest BCUT2D eigenvalue weighted by Crippen LogP contribution is -2.49. The summed E-state index contributed by atoms with van der Waals surface area (Å²) in [6.45, 7) is 5.59. The summed E-state index contributed by atoms with van der Waals surface area (Å²) >= 11 is 0. The molecule has 2 aromatic carbocycles. The molecule has 2 saturated heterocycles. The first kappa shape index (κ1) is 18.8. The van der Waals surface area contributed by atoms with Crippen LogP contribution in [0.1, 0.15) is 16.8 Å². The number of rotatable bonds is 4. The fourth-order valence-electron chi connectivity index (χ4n) is 3.80. The van der Waals surface area contributed by atoms with E-state index in [1.165, 1.54) is 6.07 Å². The molecule has 2 aliphatic rings. The lowest BCUT2D eigenvalue weighted by Gasteiger charge is -2.32. The summed E-state index contributed by atoms with van der Waals surface area (Å²) in [6.07, 6.45) is 1.00. The lowest BCUT2D eigenvalue weighted by atomic mass is 10.2. The van der Waals surface area contributed by atoms with E-state index in [4.69, 9.17) is 4.74 Å². The molecule has 1 atom stereocenters. The van der Waals surface area contributed by atoms with E-state index in [0.29, 0.717) is 17.4 Å². The van der Waals surface area contributed by atoms with Crippen LogP contribution >= 0.6 is 0 Å². The number of halogens is 2. The van der Waals surface area contributed by atoms with Crippen molar-refractivity contribution < 1.29 is 18.3 Å². The van der Waals surface area contributed by atoms with E-state index in [1.54, 1.807) is 24.3 Å². The number of piperazine rings is 1. The van der Waals surface area contributed by atoms with Gasteiger partial charge < -0.3 is 15.0 Å². The molecule has 1 amide bonds. The average molecular weight is 387 g/mol. The first-order chi connectivity index (χ1) is 13.6. The molecule has 0 saturated carbocycles. The third-order valence-corrected chi connectivity index (χ3v) is 5.35. The van der Waals surface area contributed by atoms with Crippen LogP contribution in [0.5, 0.6) is 11.5 Å². The maximum atomic E-state index is 13.3. The van der Waals surface area contributed by atoms with Gasteiger partial charge in [0.15, 0.2) is 11.6 Å². The van der Waals surface area contributed by atoms with Crippen LogP contribution in [0.25, 0.3) is 0 Å². The summed E-state index contributed by atoms with van der Waals surface area (Å²) in [7, 11) is 0. The number of nitrogens with one attached hydrogen (secondary N) is 1. The van der Waals surface area contributed by atoms with Crippen molar-refractivity contribution >= 4 is 5.91 Å². The van der Waals surface area contributed by atoms with Crippen molar-refractivity contribution in [3.8, 4) is 11.5 Å². The van der Waals surface area contributed by atoms with Crippen LogP contribution in [0, 0.1) is 11.6 Å². The fourth-order valence-corrected chi connectivity index (χ4v) is 3.80. The van der Waals surface area contributed by atoms with Crippen molar-refractivity contribution in [1.82, 2.24) is 15.1 Å². The Kier molecular flexibility index (Phi) is 5.54. The van der Waals surface area contributed by atoms with Gasteiger partial charge in [-0.2, -0.15) is 0 Å². The predicted molar refractivity (Wildman–Crippen MR) is 102 cm³/mol. The number of ether oxygens (including phenoxy) is 1. The Balaban J connectivity index is 1.36. The van der Waals surface area contributed by atoms with Gasteiger partial charge in [-0.25, -0.2) is 8.78 Å². The van der Waals surface area contributed by atoms with Gasteiger partial charge >= 0.3 is 0 Å². The van der Waals surface area contributed by atoms with E-state index in [1.807, 2.05) is 4.90 Å². The molecule has 4 rings (SSSR count). The van der Waals surface area contributed by atoms with Crippen molar-refractivity contribution in [2.45, 2.75) is 12.5 Å². The molecule has 0 radical (unpaired) electrons. The molecule has 28 heavy (non-hydrogen) atoms. The standard InChI is InChI=1S/C21H23F2N3O2/c22-19-6-5-18(13-20(19)23)28-17-3-1-15(2-4-17)21(27)26-10-7-16(14-26)25-11-8-24-9-12-25/h1-6,13,16,24H,7-12,14H2. The van der Waals surface area contributed by atoms with E-state index in [-0.39, 0.29) is 11.7 Å². The molecule has 0 bridgehead atoms. The van der Waals surface area contributed by atoms with Crippen molar-refractivity contribution in [2.24, 2.45) is 0 Å². The van der Waals surface area contributed by atoms with Gasteiger partial charge in [0.05, 0.1) is 0 Å². The highest BCUT2D eigenvalue weighted by molar-refractivity contribution is 5.94. The van der Waals surface area contributed by atoms with Gasteiger partial charge in [-0.15, -0.1) is 0 Å². The highest BCUT2D eigenvalue weighted by Crippen LogP contribution is 2.24. The van der Waals surface area contributed by atoms with Gasteiger partial charge in [0.1, 0.15) is 11.5 Å². The summed E-state index contributed by atoms with van der Waals surface area (Å²) in [6, 6.07) is 10.5. The van der Waals surface area contributed by atoms with E-state index in [9.17, 15) is 13.6 Å². The molecule has 2 aromatic rings. The summed E-state index contributed by atoms with van der Waals surface area (Å²) < 4.78 is 31.8. The number of likely N-dealkylation sites (tertiary alicyclic amines) is 1. The Bertz CT molecular complexity index is 838. The number of nitrogens with zero attached hydrogens (tertiary/aromatic N) is 2. The zero-order valence-corrected chi connectivity index (χ0v) is 15.5. The van der Waals surface area contributed by atoms with Crippen LogP contribution in [0.3, 0.4) is 0 Å². The molecule has 2 aliphatic heterocycles. The van der Waals surface area contributed by atoms with Gasteiger partial charge in [-0.1, -0.05) is 0 Å². The highest BCUT2D eigenvalue weighted by atomic mass is 19.2. The number of carbonyl (C=O) groups is 1. The molecule has 7 heteroatoms. The summed E-state index contributed by atoms with van der Waals surface area (Å²) in [5.41, 5.74) is 0.596. The van der Waals surface area contributed by atoms with Crippen molar-refractivity contribution in [3.63, 3.8) is 0 Å². The minimum absolute atomic E-state index is 0.0111. The van der Waals surface area contributed by atoms with Crippen molar-refractivity contribution in [2.75, 3.05) is 39.3 Å².